The Morgan fingerprint density at radius 1 is 1.37 bits per heavy atom. The van der Waals surface area contributed by atoms with E-state index in [0.717, 1.165) is 26.4 Å². The van der Waals surface area contributed by atoms with Crippen LogP contribution in [-0.4, -0.2) is 7.11 Å². The molecule has 2 aromatic rings. The molecular formula is C14H16BrNO2S. The molecule has 1 atom stereocenters. The quantitative estimate of drug-likeness (QED) is 0.889. The summed E-state index contributed by atoms with van der Waals surface area (Å²) in [5.41, 5.74) is 6.94. The molecule has 0 unspecified atom stereocenters. The van der Waals surface area contributed by atoms with Crippen molar-refractivity contribution in [3.63, 3.8) is 0 Å². The summed E-state index contributed by atoms with van der Waals surface area (Å²) < 4.78 is 12.2. The van der Waals surface area contributed by atoms with E-state index in [1.165, 1.54) is 0 Å². The Kier molecular flexibility index (Phi) is 4.85. The average Bonchev–Trinajstić information content (AvgIpc) is 2.81. The zero-order valence-corrected chi connectivity index (χ0v) is 13.3. The maximum absolute atomic E-state index is 5.96. The lowest BCUT2D eigenvalue weighted by Crippen LogP contribution is -2.08. The Labute approximate surface area is 125 Å². The number of halogens is 1. The van der Waals surface area contributed by atoms with Gasteiger partial charge >= 0.3 is 0 Å². The number of thiophene rings is 1. The first-order valence-corrected chi connectivity index (χ1v) is 7.57. The summed E-state index contributed by atoms with van der Waals surface area (Å²) in [6.45, 7) is 2.46. The first-order valence-electron chi connectivity index (χ1n) is 5.90. The highest BCUT2D eigenvalue weighted by atomic mass is 79.9. The van der Waals surface area contributed by atoms with Gasteiger partial charge in [-0.05, 0) is 40.4 Å². The van der Waals surface area contributed by atoms with Gasteiger partial charge in [-0.1, -0.05) is 6.07 Å². The molecule has 5 heteroatoms. The van der Waals surface area contributed by atoms with E-state index in [0.29, 0.717) is 6.61 Å². The molecule has 0 aliphatic rings. The Morgan fingerprint density at radius 3 is 2.74 bits per heavy atom. The summed E-state index contributed by atoms with van der Waals surface area (Å²) in [5.74, 6) is 1.54. The molecule has 0 radical (unpaired) electrons. The van der Waals surface area contributed by atoms with Gasteiger partial charge in [0.25, 0.3) is 0 Å². The second kappa shape index (κ2) is 6.41. The van der Waals surface area contributed by atoms with Gasteiger partial charge in [0.1, 0.15) is 18.1 Å². The van der Waals surface area contributed by atoms with E-state index in [9.17, 15) is 0 Å². The number of benzene rings is 1. The van der Waals surface area contributed by atoms with Gasteiger partial charge < -0.3 is 15.2 Å². The van der Waals surface area contributed by atoms with Gasteiger partial charge in [0.05, 0.1) is 12.0 Å². The Balaban J connectivity index is 2.20. The fourth-order valence-electron chi connectivity index (χ4n) is 1.71. The molecule has 0 fully saturated rings. The van der Waals surface area contributed by atoms with Gasteiger partial charge in [-0.15, -0.1) is 11.3 Å². The van der Waals surface area contributed by atoms with Crippen LogP contribution in [-0.2, 0) is 6.61 Å². The first-order chi connectivity index (χ1) is 9.11. The SMILES string of the molecule is COc1ccc([C@H](C)N)c(OCc2sccc2Br)c1. The Bertz CT molecular complexity index is 554. The lowest BCUT2D eigenvalue weighted by atomic mass is 10.1. The van der Waals surface area contributed by atoms with Crippen LogP contribution in [0.15, 0.2) is 34.1 Å². The van der Waals surface area contributed by atoms with Crippen molar-refractivity contribution >= 4 is 27.3 Å². The summed E-state index contributed by atoms with van der Waals surface area (Å²) >= 11 is 5.16. The second-order valence-corrected chi connectivity index (χ2v) is 6.03. The highest BCUT2D eigenvalue weighted by Crippen LogP contribution is 2.31. The molecule has 1 heterocycles. The fourth-order valence-corrected chi connectivity index (χ4v) is 3.09. The van der Waals surface area contributed by atoms with Crippen molar-refractivity contribution in [2.45, 2.75) is 19.6 Å². The molecule has 3 nitrogen and oxygen atoms in total. The zero-order valence-electron chi connectivity index (χ0n) is 10.9. The van der Waals surface area contributed by atoms with Crippen molar-refractivity contribution < 1.29 is 9.47 Å². The standard InChI is InChI=1S/C14H16BrNO2S/c1-9(16)11-4-3-10(17-2)7-13(11)18-8-14-12(15)5-6-19-14/h3-7,9H,8,16H2,1-2H3/t9-/m0/s1. The summed E-state index contributed by atoms with van der Waals surface area (Å²) in [4.78, 5) is 1.15. The van der Waals surface area contributed by atoms with Gasteiger partial charge in [-0.25, -0.2) is 0 Å². The van der Waals surface area contributed by atoms with Crippen molar-refractivity contribution in [3.05, 3.63) is 44.6 Å². The van der Waals surface area contributed by atoms with Crippen molar-refractivity contribution in [2.24, 2.45) is 5.73 Å². The van der Waals surface area contributed by atoms with Crippen LogP contribution < -0.4 is 15.2 Å². The largest absolute Gasteiger partial charge is 0.497 e. The number of hydrogen-bond donors (Lipinski definition) is 1. The van der Waals surface area contributed by atoms with Gasteiger partial charge in [-0.2, -0.15) is 0 Å². The topological polar surface area (TPSA) is 44.5 Å². The molecular weight excluding hydrogens is 326 g/mol. The molecule has 0 amide bonds. The van der Waals surface area contributed by atoms with E-state index < -0.39 is 0 Å². The summed E-state index contributed by atoms with van der Waals surface area (Å²) in [5, 5.41) is 2.03. The maximum atomic E-state index is 5.96. The second-order valence-electron chi connectivity index (χ2n) is 4.17. The molecule has 1 aromatic carbocycles. The molecule has 0 saturated heterocycles. The molecule has 1 aromatic heterocycles. The molecule has 0 bridgehead atoms. The Hall–Kier alpha value is -1.04. The van der Waals surface area contributed by atoms with Gasteiger partial charge in [-0.3, -0.25) is 0 Å². The lowest BCUT2D eigenvalue weighted by molar-refractivity contribution is 0.301. The molecule has 2 N–H and O–H groups in total. The van der Waals surface area contributed by atoms with E-state index in [2.05, 4.69) is 15.9 Å². The van der Waals surface area contributed by atoms with Crippen LogP contribution in [0.25, 0.3) is 0 Å². The van der Waals surface area contributed by atoms with Crippen LogP contribution in [0.1, 0.15) is 23.4 Å². The van der Waals surface area contributed by atoms with Crippen LogP contribution >= 0.6 is 27.3 Å². The first kappa shape index (κ1) is 14.4. The minimum atomic E-state index is -0.0762. The minimum absolute atomic E-state index is 0.0762. The van der Waals surface area contributed by atoms with E-state index in [1.54, 1.807) is 18.4 Å². The van der Waals surface area contributed by atoms with Gasteiger partial charge in [0.2, 0.25) is 0 Å². The molecule has 0 spiro atoms. The third kappa shape index (κ3) is 3.49. The van der Waals surface area contributed by atoms with Gasteiger partial charge in [0.15, 0.2) is 0 Å². The summed E-state index contributed by atoms with van der Waals surface area (Å²) in [6, 6.07) is 7.66. The van der Waals surface area contributed by atoms with E-state index in [1.807, 2.05) is 36.6 Å². The van der Waals surface area contributed by atoms with Crippen LogP contribution in [0.4, 0.5) is 0 Å². The third-order valence-corrected chi connectivity index (χ3v) is 4.66. The van der Waals surface area contributed by atoms with Crippen molar-refractivity contribution in [1.82, 2.24) is 0 Å². The van der Waals surface area contributed by atoms with Crippen LogP contribution in [0.3, 0.4) is 0 Å². The van der Waals surface area contributed by atoms with Crippen molar-refractivity contribution in [1.29, 1.82) is 0 Å². The highest BCUT2D eigenvalue weighted by molar-refractivity contribution is 9.10. The van der Waals surface area contributed by atoms with Gasteiger partial charge in [0, 0.05) is 22.1 Å². The number of ether oxygens (including phenoxy) is 2. The summed E-state index contributed by atoms with van der Waals surface area (Å²) in [7, 11) is 1.64. The normalized spacial score (nSPS) is 12.2. The number of rotatable bonds is 5. The molecule has 0 saturated carbocycles. The van der Waals surface area contributed by atoms with E-state index in [-0.39, 0.29) is 6.04 Å². The predicted molar refractivity (Wildman–Crippen MR) is 81.9 cm³/mol. The molecule has 0 aliphatic carbocycles. The maximum Gasteiger partial charge on any atom is 0.128 e. The molecule has 0 aliphatic heterocycles. The van der Waals surface area contributed by atoms with Crippen molar-refractivity contribution in [3.8, 4) is 11.5 Å². The lowest BCUT2D eigenvalue weighted by Gasteiger charge is -2.15. The molecule has 102 valence electrons. The van der Waals surface area contributed by atoms with Crippen molar-refractivity contribution in [2.75, 3.05) is 7.11 Å². The zero-order chi connectivity index (χ0) is 13.8. The smallest absolute Gasteiger partial charge is 0.128 e. The van der Waals surface area contributed by atoms with Crippen LogP contribution in [0, 0.1) is 0 Å². The monoisotopic (exact) mass is 341 g/mol. The highest BCUT2D eigenvalue weighted by Gasteiger charge is 2.11. The fraction of sp³-hybridized carbons (Fsp3) is 0.286. The number of nitrogens with two attached hydrogens (primary N) is 1. The van der Waals surface area contributed by atoms with E-state index in [4.69, 9.17) is 15.2 Å². The average molecular weight is 342 g/mol. The van der Waals surface area contributed by atoms with Crippen LogP contribution in [0.5, 0.6) is 11.5 Å². The number of hydrogen-bond acceptors (Lipinski definition) is 4. The van der Waals surface area contributed by atoms with Crippen LogP contribution in [0.2, 0.25) is 0 Å². The number of methoxy groups -OCH3 is 1. The third-order valence-electron chi connectivity index (χ3n) is 2.76. The predicted octanol–water partition coefficient (Wildman–Crippen LogP) is 4.12. The Morgan fingerprint density at radius 2 is 2.16 bits per heavy atom. The van der Waals surface area contributed by atoms with E-state index >= 15 is 0 Å². The molecule has 2 rings (SSSR count). The summed E-state index contributed by atoms with van der Waals surface area (Å²) in [6.07, 6.45) is 0. The molecule has 19 heavy (non-hydrogen) atoms. The minimum Gasteiger partial charge on any atom is -0.497 e.